The van der Waals surface area contributed by atoms with Gasteiger partial charge < -0.3 is 31.3 Å². The van der Waals surface area contributed by atoms with Crippen LogP contribution in [0.4, 0.5) is 28.4 Å². The average Bonchev–Trinajstić information content (AvgIpc) is 3.48. The quantitative estimate of drug-likeness (QED) is 0.0286. The van der Waals surface area contributed by atoms with Gasteiger partial charge in [-0.15, -0.1) is 0 Å². The summed E-state index contributed by atoms with van der Waals surface area (Å²) in [6.45, 7) is 3.20. The van der Waals surface area contributed by atoms with Crippen LogP contribution in [0.25, 0.3) is 10.9 Å². The fourth-order valence-corrected chi connectivity index (χ4v) is 11.2. The van der Waals surface area contributed by atoms with Crippen molar-refractivity contribution in [2.24, 2.45) is 0 Å². The van der Waals surface area contributed by atoms with Crippen LogP contribution in [-0.2, 0) is 19.6 Å². The van der Waals surface area contributed by atoms with Crippen LogP contribution in [0, 0.1) is 27.2 Å². The highest BCUT2D eigenvalue weighted by Gasteiger charge is 2.16. The predicted octanol–water partition coefficient (Wildman–Crippen LogP) is 18.8. The van der Waals surface area contributed by atoms with E-state index in [0.29, 0.717) is 50.2 Å². The smallest absolute Gasteiger partial charge is 0.269 e. The molecule has 0 saturated carbocycles. The van der Waals surface area contributed by atoms with Gasteiger partial charge in [0, 0.05) is 105 Å². The van der Waals surface area contributed by atoms with E-state index in [4.69, 9.17) is 46.4 Å². The van der Waals surface area contributed by atoms with Crippen LogP contribution >= 0.6 is 81.7 Å². The van der Waals surface area contributed by atoms with Gasteiger partial charge in [-0.05, 0) is 151 Å². The zero-order chi connectivity index (χ0) is 57.4. The Labute approximate surface area is 499 Å². The number of nitrogens with one attached hydrogen (secondary N) is 3. The van der Waals surface area contributed by atoms with Crippen LogP contribution in [0.1, 0.15) is 22.3 Å². The summed E-state index contributed by atoms with van der Waals surface area (Å²) in [5.74, 6) is 0.305. The first-order valence-electron chi connectivity index (χ1n) is 24.5. The molecule has 0 saturated heterocycles. The van der Waals surface area contributed by atoms with E-state index in [1.807, 2.05) is 67.7 Å². The van der Waals surface area contributed by atoms with Gasteiger partial charge in [-0.1, -0.05) is 130 Å². The number of aromatic hydroxyl groups is 3. The van der Waals surface area contributed by atoms with E-state index in [0.717, 1.165) is 57.0 Å². The van der Waals surface area contributed by atoms with Crippen molar-refractivity contribution in [1.29, 1.82) is 0 Å². The molecule has 1 aromatic heterocycles. The predicted molar refractivity (Wildman–Crippen MR) is 331 cm³/mol. The second-order valence-electron chi connectivity index (χ2n) is 17.7. The van der Waals surface area contributed by atoms with Crippen LogP contribution < -0.4 is 16.0 Å². The first-order valence-corrected chi connectivity index (χ1v) is 28.5. The molecule has 0 amide bonds. The normalized spacial score (nSPS) is 10.7. The van der Waals surface area contributed by atoms with Crippen LogP contribution in [0.5, 0.6) is 17.2 Å². The Bertz CT molecular complexity index is 3690. The molecule has 0 fully saturated rings. The summed E-state index contributed by atoms with van der Waals surface area (Å²) < 4.78 is 0. The Balaban J connectivity index is 0.000000159. The second-order valence-corrected chi connectivity index (χ2v) is 22.8. The van der Waals surface area contributed by atoms with Gasteiger partial charge >= 0.3 is 0 Å². The largest absolute Gasteiger partial charge is 0.506 e. The minimum absolute atomic E-state index is 0.00238. The number of aromatic nitrogens is 1. The number of anilines is 3. The fraction of sp³-hybridized carbons (Fsp3) is 0.0656. The number of halogens is 4. The lowest BCUT2D eigenvalue weighted by molar-refractivity contribution is -0.385. The Morgan fingerprint density at radius 2 is 0.864 bits per heavy atom. The Hall–Kier alpha value is -7.80. The Morgan fingerprint density at radius 1 is 0.444 bits per heavy atom. The van der Waals surface area contributed by atoms with E-state index < -0.39 is 9.85 Å². The molecule has 0 aliphatic carbocycles. The number of nitro benzene ring substituents is 2. The summed E-state index contributed by atoms with van der Waals surface area (Å²) >= 11 is 28.6. The number of fused-ring (bicyclic) bond motifs is 1. The maximum absolute atomic E-state index is 11.2. The monoisotopic (exact) mass is 1210 g/mol. The van der Waals surface area contributed by atoms with Crippen molar-refractivity contribution >= 4 is 121 Å². The maximum Gasteiger partial charge on any atom is 0.269 e. The number of aryl methyl sites for hydroxylation is 1. The molecule has 410 valence electrons. The molecule has 0 bridgehead atoms. The summed E-state index contributed by atoms with van der Waals surface area (Å²) in [5.41, 5.74) is 6.36. The molecule has 1 heterocycles. The fourth-order valence-electron chi connectivity index (χ4n) is 7.70. The zero-order valence-electron chi connectivity index (χ0n) is 42.7. The summed E-state index contributed by atoms with van der Waals surface area (Å²) in [7, 11) is 0. The molecule has 0 aliphatic heterocycles. The molecule has 0 spiro atoms. The number of hydrogen-bond donors (Lipinski definition) is 6. The molecule has 0 aliphatic rings. The topological polar surface area (TPSA) is 196 Å². The molecular weight excluding hydrogens is 1170 g/mol. The number of non-ortho nitro benzene ring substituents is 2. The summed E-state index contributed by atoms with van der Waals surface area (Å²) in [5, 5.41) is 64.9. The third kappa shape index (κ3) is 17.4. The van der Waals surface area contributed by atoms with E-state index in [1.54, 1.807) is 84.6 Å². The molecule has 0 radical (unpaired) electrons. The minimum atomic E-state index is -0.433. The molecule has 10 rings (SSSR count). The molecule has 10 aromatic rings. The number of phenolic OH excluding ortho intramolecular Hbond substituents is 3. The van der Waals surface area contributed by atoms with Crippen molar-refractivity contribution in [3.05, 3.63) is 263 Å². The number of phenols is 3. The van der Waals surface area contributed by atoms with Crippen molar-refractivity contribution in [2.45, 2.75) is 55.9 Å². The van der Waals surface area contributed by atoms with E-state index in [-0.39, 0.29) is 35.2 Å². The molecule has 13 nitrogen and oxygen atoms in total. The van der Waals surface area contributed by atoms with Gasteiger partial charge in [0.25, 0.3) is 11.4 Å². The standard InChI is InChI=1S/C22H17ClN2OS.C20H17ClN2O3S.C19H14Cl2N2O3S/c23-17-8-10-21(26)20(12-17)25-14-16-4-1-2-6-22(16)27-18-9-7-15-5-3-11-24-19(15)13-18;1-13-2-6-17(7-3-13)27-20-9-5-16(23(25)26)10-14(20)12-22-18-11-15(21)4-8-19(18)24;20-13-1-5-16(6-2-13)27-19-8-4-15(23(25)26)9-12(19)11-22-17-10-14(21)3-7-18(17)24/h1-13,25-26H,14H2;2-11,22,24H,12H2,1H3;1-10,22,24H,11H2. The van der Waals surface area contributed by atoms with Gasteiger partial charge in [0.1, 0.15) is 17.2 Å². The van der Waals surface area contributed by atoms with Gasteiger partial charge in [0.15, 0.2) is 0 Å². The maximum atomic E-state index is 11.2. The lowest BCUT2D eigenvalue weighted by Crippen LogP contribution is -2.02. The summed E-state index contributed by atoms with van der Waals surface area (Å²) in [6, 6.07) is 57.8. The van der Waals surface area contributed by atoms with Crippen molar-refractivity contribution in [2.75, 3.05) is 16.0 Å². The number of nitrogens with zero attached hydrogens (tertiary/aromatic N) is 3. The van der Waals surface area contributed by atoms with Crippen molar-refractivity contribution in [3.8, 4) is 17.2 Å². The van der Waals surface area contributed by atoms with Gasteiger partial charge in [-0.25, -0.2) is 0 Å². The molecule has 6 N–H and O–H groups in total. The molecular formula is C61H48Cl4N6O7S3. The van der Waals surface area contributed by atoms with E-state index >= 15 is 0 Å². The minimum Gasteiger partial charge on any atom is -0.506 e. The third-order valence-electron chi connectivity index (χ3n) is 11.9. The first kappa shape index (κ1) is 59.3. The van der Waals surface area contributed by atoms with Crippen LogP contribution in [0.2, 0.25) is 20.1 Å². The molecule has 0 unspecified atom stereocenters. The number of hydrogen-bond acceptors (Lipinski definition) is 14. The number of rotatable bonds is 17. The van der Waals surface area contributed by atoms with Gasteiger partial charge in [0.2, 0.25) is 0 Å². The highest BCUT2D eigenvalue weighted by molar-refractivity contribution is 8.00. The van der Waals surface area contributed by atoms with Gasteiger partial charge in [0.05, 0.1) is 32.4 Å². The van der Waals surface area contributed by atoms with E-state index in [2.05, 4.69) is 57.3 Å². The molecule has 20 heteroatoms. The van der Waals surface area contributed by atoms with E-state index in [9.17, 15) is 35.5 Å². The van der Waals surface area contributed by atoms with E-state index in [1.165, 1.54) is 59.4 Å². The Morgan fingerprint density at radius 3 is 1.36 bits per heavy atom. The van der Waals surface area contributed by atoms with Gasteiger partial charge in [-0.2, -0.15) is 0 Å². The number of benzene rings is 9. The first-order chi connectivity index (χ1) is 39.0. The van der Waals surface area contributed by atoms with Crippen LogP contribution in [0.15, 0.2) is 230 Å². The lowest BCUT2D eigenvalue weighted by atomic mass is 10.2. The van der Waals surface area contributed by atoms with Gasteiger partial charge in [-0.3, -0.25) is 25.2 Å². The van der Waals surface area contributed by atoms with Crippen molar-refractivity contribution < 1.29 is 25.2 Å². The van der Waals surface area contributed by atoms with Crippen molar-refractivity contribution in [3.63, 3.8) is 0 Å². The molecule has 81 heavy (non-hydrogen) atoms. The third-order valence-corrected chi connectivity index (χ3v) is 16.2. The van der Waals surface area contributed by atoms with Crippen LogP contribution in [0.3, 0.4) is 0 Å². The number of nitro groups is 2. The zero-order valence-corrected chi connectivity index (χ0v) is 48.2. The average molecular weight is 1220 g/mol. The summed E-state index contributed by atoms with van der Waals surface area (Å²) in [4.78, 5) is 31.9. The summed E-state index contributed by atoms with van der Waals surface area (Å²) in [6.07, 6.45) is 1.81. The molecule has 9 aromatic carbocycles. The Kier molecular flexibility index (Phi) is 20.9. The van der Waals surface area contributed by atoms with Crippen molar-refractivity contribution in [1.82, 2.24) is 4.98 Å². The van der Waals surface area contributed by atoms with Crippen LogP contribution in [-0.4, -0.2) is 30.2 Å². The second kappa shape index (κ2) is 28.6. The molecule has 0 atom stereocenters. The highest BCUT2D eigenvalue weighted by atomic mass is 35.5. The lowest BCUT2D eigenvalue weighted by Gasteiger charge is -2.13. The number of pyridine rings is 1. The SMILES string of the molecule is Cc1ccc(Sc2ccc([N+](=O)[O-])cc2CNc2cc(Cl)ccc2O)cc1.O=[N+]([O-])c1ccc(Sc2ccc(Cl)cc2)c(CNc2cc(Cl)ccc2O)c1.Oc1ccc(Cl)cc1NCc1ccccc1Sc1ccc2cccnc2c1. The highest BCUT2D eigenvalue weighted by Crippen LogP contribution is 2.38.